The molecule has 1 unspecified atom stereocenters. The van der Waals surface area contributed by atoms with Crippen LogP contribution in [0, 0.1) is 5.92 Å². The molecular formula is C8H13N5. The summed E-state index contributed by atoms with van der Waals surface area (Å²) in [6.45, 7) is 3.60. The topological polar surface area (TPSA) is 60.0 Å². The van der Waals surface area contributed by atoms with Crippen molar-refractivity contribution >= 4 is 5.95 Å². The molecule has 3 atom stereocenters. The van der Waals surface area contributed by atoms with E-state index in [1.807, 2.05) is 4.68 Å². The SMILES string of the molecule is Nc1ncn([C@H]2CN3CC[C@H]2C3)n1. The van der Waals surface area contributed by atoms with Crippen LogP contribution in [0.3, 0.4) is 0 Å². The maximum Gasteiger partial charge on any atom is 0.239 e. The van der Waals surface area contributed by atoms with E-state index in [4.69, 9.17) is 5.73 Å². The van der Waals surface area contributed by atoms with E-state index in [-0.39, 0.29) is 0 Å². The molecule has 2 bridgehead atoms. The highest BCUT2D eigenvalue weighted by Crippen LogP contribution is 2.35. The van der Waals surface area contributed by atoms with Crippen molar-refractivity contribution < 1.29 is 0 Å². The minimum Gasteiger partial charge on any atom is -0.367 e. The summed E-state index contributed by atoms with van der Waals surface area (Å²) >= 11 is 0. The summed E-state index contributed by atoms with van der Waals surface area (Å²) in [7, 11) is 0. The number of hydrogen-bond donors (Lipinski definition) is 1. The molecule has 2 saturated heterocycles. The lowest BCUT2D eigenvalue weighted by Crippen LogP contribution is -2.26. The van der Waals surface area contributed by atoms with Gasteiger partial charge >= 0.3 is 0 Å². The molecule has 0 radical (unpaired) electrons. The molecule has 2 aliphatic heterocycles. The van der Waals surface area contributed by atoms with Gasteiger partial charge in [0.2, 0.25) is 5.95 Å². The summed E-state index contributed by atoms with van der Waals surface area (Å²) in [6.07, 6.45) is 3.05. The molecule has 2 fully saturated rings. The highest BCUT2D eigenvalue weighted by Gasteiger charge is 2.39. The lowest BCUT2D eigenvalue weighted by Gasteiger charge is -2.21. The fourth-order valence-corrected chi connectivity index (χ4v) is 2.50. The average Bonchev–Trinajstić information content (AvgIpc) is 2.77. The monoisotopic (exact) mass is 179 g/mol. The number of rotatable bonds is 1. The lowest BCUT2D eigenvalue weighted by molar-refractivity contribution is 0.285. The molecule has 5 heteroatoms. The van der Waals surface area contributed by atoms with Gasteiger partial charge in [-0.15, -0.1) is 5.10 Å². The molecule has 1 aromatic heterocycles. The Morgan fingerprint density at radius 2 is 2.38 bits per heavy atom. The van der Waals surface area contributed by atoms with Gasteiger partial charge in [-0.3, -0.25) is 0 Å². The Balaban J connectivity index is 1.87. The van der Waals surface area contributed by atoms with Gasteiger partial charge in [0.1, 0.15) is 6.33 Å². The third-order valence-corrected chi connectivity index (χ3v) is 3.16. The summed E-state index contributed by atoms with van der Waals surface area (Å²) < 4.78 is 1.93. The molecule has 0 spiro atoms. The number of aromatic nitrogens is 3. The number of fused-ring (bicyclic) bond motifs is 2. The van der Waals surface area contributed by atoms with Gasteiger partial charge in [-0.1, -0.05) is 0 Å². The van der Waals surface area contributed by atoms with E-state index in [9.17, 15) is 0 Å². The minimum absolute atomic E-state index is 0.387. The number of hydrogen-bond acceptors (Lipinski definition) is 4. The molecule has 2 N–H and O–H groups in total. The predicted octanol–water partition coefficient (Wildman–Crippen LogP) is -0.263. The zero-order chi connectivity index (χ0) is 8.84. The standard InChI is InChI=1S/C8H13N5/c9-8-10-5-13(11-8)7-4-12-2-1-6(7)3-12/h5-7H,1-4H2,(H2,9,11)/t6-,7-/m0/s1. The van der Waals surface area contributed by atoms with E-state index in [1.54, 1.807) is 6.33 Å². The zero-order valence-corrected chi connectivity index (χ0v) is 7.43. The number of nitrogens with two attached hydrogens (primary N) is 1. The summed E-state index contributed by atoms with van der Waals surface area (Å²) in [5, 5.41) is 4.17. The molecule has 3 heterocycles. The Morgan fingerprint density at radius 1 is 1.46 bits per heavy atom. The third kappa shape index (κ3) is 1.03. The fraction of sp³-hybridized carbons (Fsp3) is 0.750. The van der Waals surface area contributed by atoms with Crippen molar-refractivity contribution in [3.63, 3.8) is 0 Å². The lowest BCUT2D eigenvalue weighted by atomic mass is 10.0. The molecule has 0 aromatic carbocycles. The van der Waals surface area contributed by atoms with Crippen LogP contribution in [0.15, 0.2) is 6.33 Å². The van der Waals surface area contributed by atoms with Gasteiger partial charge in [-0.05, 0) is 18.9 Å². The number of nitrogen functional groups attached to an aromatic ring is 1. The molecule has 5 nitrogen and oxygen atoms in total. The van der Waals surface area contributed by atoms with E-state index in [2.05, 4.69) is 15.0 Å². The van der Waals surface area contributed by atoms with Gasteiger partial charge in [-0.25, -0.2) is 9.67 Å². The van der Waals surface area contributed by atoms with Crippen LogP contribution in [-0.4, -0.2) is 39.3 Å². The van der Waals surface area contributed by atoms with E-state index >= 15 is 0 Å². The molecule has 13 heavy (non-hydrogen) atoms. The zero-order valence-electron chi connectivity index (χ0n) is 7.43. The van der Waals surface area contributed by atoms with Crippen molar-refractivity contribution in [3.8, 4) is 0 Å². The first-order valence-electron chi connectivity index (χ1n) is 4.72. The predicted molar refractivity (Wildman–Crippen MR) is 48.0 cm³/mol. The van der Waals surface area contributed by atoms with Crippen LogP contribution in [0.25, 0.3) is 0 Å². The molecule has 0 amide bonds. The third-order valence-electron chi connectivity index (χ3n) is 3.16. The normalized spacial score (nSPS) is 37.1. The summed E-state index contributed by atoms with van der Waals surface area (Å²) in [5.74, 6) is 1.15. The molecule has 1 aromatic rings. The first-order chi connectivity index (χ1) is 6.33. The molecule has 2 aliphatic rings. The molecule has 70 valence electrons. The van der Waals surface area contributed by atoms with E-state index in [1.165, 1.54) is 19.5 Å². The Labute approximate surface area is 76.5 Å². The summed E-state index contributed by atoms with van der Waals surface area (Å²) in [6, 6.07) is 0.513. The first-order valence-corrected chi connectivity index (χ1v) is 4.72. The van der Waals surface area contributed by atoms with Crippen LogP contribution in [0.5, 0.6) is 0 Å². The Morgan fingerprint density at radius 3 is 2.92 bits per heavy atom. The van der Waals surface area contributed by atoms with Gasteiger partial charge in [-0.2, -0.15) is 0 Å². The van der Waals surface area contributed by atoms with Gasteiger partial charge < -0.3 is 10.6 Å². The van der Waals surface area contributed by atoms with E-state index in [0.29, 0.717) is 12.0 Å². The Hall–Kier alpha value is -1.10. The maximum absolute atomic E-state index is 5.49. The van der Waals surface area contributed by atoms with Crippen molar-refractivity contribution in [1.29, 1.82) is 0 Å². The molecule has 0 saturated carbocycles. The van der Waals surface area contributed by atoms with Crippen LogP contribution in [0.1, 0.15) is 12.5 Å². The van der Waals surface area contributed by atoms with Crippen molar-refractivity contribution in [2.24, 2.45) is 5.92 Å². The highest BCUT2D eigenvalue weighted by molar-refractivity contribution is 5.10. The second kappa shape index (κ2) is 2.45. The van der Waals surface area contributed by atoms with Crippen LogP contribution in [0.4, 0.5) is 5.95 Å². The summed E-state index contributed by atoms with van der Waals surface area (Å²) in [4.78, 5) is 6.44. The Bertz CT molecular complexity index is 320. The van der Waals surface area contributed by atoms with Crippen molar-refractivity contribution in [3.05, 3.63) is 6.33 Å². The average molecular weight is 179 g/mol. The van der Waals surface area contributed by atoms with Gasteiger partial charge in [0.25, 0.3) is 0 Å². The van der Waals surface area contributed by atoms with Crippen LogP contribution in [0.2, 0.25) is 0 Å². The number of nitrogens with zero attached hydrogens (tertiary/aromatic N) is 4. The van der Waals surface area contributed by atoms with Gasteiger partial charge in [0.15, 0.2) is 0 Å². The van der Waals surface area contributed by atoms with Crippen LogP contribution in [-0.2, 0) is 0 Å². The van der Waals surface area contributed by atoms with Crippen molar-refractivity contribution in [2.75, 3.05) is 25.4 Å². The maximum atomic E-state index is 5.49. The number of anilines is 1. The van der Waals surface area contributed by atoms with Crippen LogP contribution >= 0.6 is 0 Å². The van der Waals surface area contributed by atoms with Gasteiger partial charge in [0.05, 0.1) is 6.04 Å². The molecule has 3 rings (SSSR count). The van der Waals surface area contributed by atoms with E-state index < -0.39 is 0 Å². The fourth-order valence-electron chi connectivity index (χ4n) is 2.50. The second-order valence-electron chi connectivity index (χ2n) is 3.96. The van der Waals surface area contributed by atoms with E-state index in [0.717, 1.165) is 12.5 Å². The highest BCUT2D eigenvalue weighted by atomic mass is 15.4. The summed E-state index contributed by atoms with van der Waals surface area (Å²) in [5.41, 5.74) is 5.49. The second-order valence-corrected chi connectivity index (χ2v) is 3.96. The van der Waals surface area contributed by atoms with Crippen molar-refractivity contribution in [2.45, 2.75) is 12.5 Å². The number of piperidine rings is 1. The van der Waals surface area contributed by atoms with Crippen LogP contribution < -0.4 is 5.73 Å². The quantitative estimate of drug-likeness (QED) is 0.645. The molecule has 0 aliphatic carbocycles. The molecular weight excluding hydrogens is 166 g/mol. The largest absolute Gasteiger partial charge is 0.367 e. The smallest absolute Gasteiger partial charge is 0.239 e. The first kappa shape index (κ1) is 7.32. The minimum atomic E-state index is 0.387. The van der Waals surface area contributed by atoms with Gasteiger partial charge in [0, 0.05) is 13.1 Å². The Kier molecular flexibility index (Phi) is 1.38. The van der Waals surface area contributed by atoms with Crippen molar-refractivity contribution in [1.82, 2.24) is 19.7 Å².